The summed E-state index contributed by atoms with van der Waals surface area (Å²) in [4.78, 5) is 0. The second kappa shape index (κ2) is 49.1. The zero-order valence-corrected chi connectivity index (χ0v) is 73.9. The van der Waals surface area contributed by atoms with Crippen LogP contribution >= 0.6 is 22.6 Å². The topological polar surface area (TPSA) is 51.6 Å². The van der Waals surface area contributed by atoms with E-state index in [1.165, 1.54) is 15.6 Å². The maximum absolute atomic E-state index is 5.04. The summed E-state index contributed by atoms with van der Waals surface area (Å²) in [7, 11) is -5.26. The molecule has 4 nitrogen and oxygen atoms in total. The summed E-state index contributed by atoms with van der Waals surface area (Å²) in [5.41, 5.74) is 31.3. The highest BCUT2D eigenvalue weighted by Gasteiger charge is 2.43. The average Bonchev–Trinajstić information content (AvgIpc) is 0.815. The molecule has 8 heteroatoms. The summed E-state index contributed by atoms with van der Waals surface area (Å²) in [6, 6.07) is 32.5. The molecule has 0 aliphatic rings. The van der Waals surface area contributed by atoms with Crippen LogP contribution in [0.25, 0.3) is 0 Å². The molecule has 0 amide bonds. The van der Waals surface area contributed by atoms with Crippen LogP contribution in [0.4, 0.5) is 0 Å². The van der Waals surface area contributed by atoms with Gasteiger partial charge < -0.3 is 0 Å². The van der Waals surface area contributed by atoms with Crippen molar-refractivity contribution in [1.29, 1.82) is 0 Å². The molecule has 0 atom stereocenters. The fourth-order valence-corrected chi connectivity index (χ4v) is 31.1. The number of allylic oxidation sites excluding steroid dienone is 6. The molecule has 2 aromatic heterocycles. The normalized spacial score (nSPS) is 11.7. The van der Waals surface area contributed by atoms with E-state index in [0.29, 0.717) is 72.6 Å². The first-order valence-electron chi connectivity index (χ1n) is 39.0. The van der Waals surface area contributed by atoms with Gasteiger partial charge in [0.25, 0.3) is 0 Å². The first-order valence-corrected chi connectivity index (χ1v) is 46.7. The molecule has 0 unspecified atom stereocenters. The van der Waals surface area contributed by atoms with Gasteiger partial charge in [0, 0.05) is 64.8 Å². The summed E-state index contributed by atoms with van der Waals surface area (Å²) in [5, 5.41) is 16.2. The molecule has 0 bridgehead atoms. The highest BCUT2D eigenvalue weighted by molar-refractivity contribution is 14.1. The molecule has 0 fully saturated rings. The summed E-state index contributed by atoms with van der Waals surface area (Å²) in [6.45, 7) is 55.7. The molecular weight excluding hydrogens is 1440 g/mol. The number of terminal acetylenes is 2. The van der Waals surface area contributed by atoms with E-state index < -0.39 is 24.2 Å². The highest BCUT2D eigenvalue weighted by atomic mass is 127. The van der Waals surface area contributed by atoms with Crippen LogP contribution in [0.15, 0.2) is 129 Å². The van der Waals surface area contributed by atoms with Crippen molar-refractivity contribution >= 4 is 46.8 Å². The summed E-state index contributed by atoms with van der Waals surface area (Å²) in [5.74, 6) is 49.5. The monoisotopic (exact) mass is 1570 g/mol. The largest absolute Gasteiger partial charge is 0.146 e. The number of aromatic nitrogens is 4. The number of hydrogen-bond acceptors (Lipinski definition) is 4. The first kappa shape index (κ1) is 94.1. The molecular formula is C98H127IN4Si3. The Labute approximate surface area is 665 Å². The average molecular weight is 1570 g/mol. The molecule has 3 aromatic carbocycles. The van der Waals surface area contributed by atoms with E-state index in [4.69, 9.17) is 12.8 Å². The van der Waals surface area contributed by atoms with Crippen molar-refractivity contribution in [3.8, 4) is 118 Å². The van der Waals surface area contributed by atoms with E-state index >= 15 is 0 Å². The Kier molecular flexibility index (Phi) is 43.6. The van der Waals surface area contributed by atoms with Crippen LogP contribution in [0.1, 0.15) is 307 Å². The summed E-state index contributed by atoms with van der Waals surface area (Å²) < 4.78 is 1.42. The molecule has 0 radical (unpaired) electrons. The predicted octanol–water partition coefficient (Wildman–Crippen LogP) is 26.2. The van der Waals surface area contributed by atoms with E-state index in [0.717, 1.165) is 126 Å². The van der Waals surface area contributed by atoms with Gasteiger partial charge in [-0.1, -0.05) is 277 Å². The van der Waals surface area contributed by atoms with Crippen molar-refractivity contribution in [2.75, 3.05) is 0 Å². The maximum Gasteiger partial charge on any atom is 0.146 e. The fraction of sp³-hybridized carbons (Fsp3) is 0.469. The van der Waals surface area contributed by atoms with E-state index in [-0.39, 0.29) is 7.43 Å². The molecule has 5 rings (SSSR count). The van der Waals surface area contributed by atoms with Crippen molar-refractivity contribution in [1.82, 2.24) is 20.4 Å². The second-order valence-corrected chi connectivity index (χ2v) is 48.2. The van der Waals surface area contributed by atoms with Crippen molar-refractivity contribution in [2.45, 2.75) is 301 Å². The Bertz CT molecular complexity index is 4030. The minimum atomic E-state index is -1.79. The van der Waals surface area contributed by atoms with Crippen molar-refractivity contribution in [2.24, 2.45) is 0 Å². The lowest BCUT2D eigenvalue weighted by molar-refractivity contribution is 0.838. The van der Waals surface area contributed by atoms with E-state index in [2.05, 4.69) is 387 Å². The Balaban J connectivity index is 0.000000778. The Morgan fingerprint density at radius 1 is 0.283 bits per heavy atom. The third-order valence-electron chi connectivity index (χ3n) is 19.9. The summed E-state index contributed by atoms with van der Waals surface area (Å²) >= 11 is 2.47. The zero-order valence-electron chi connectivity index (χ0n) is 68.7. The smallest absolute Gasteiger partial charge is 0.141 e. The van der Waals surface area contributed by atoms with Gasteiger partial charge >= 0.3 is 0 Å². The van der Waals surface area contributed by atoms with Crippen LogP contribution in [-0.4, -0.2) is 44.6 Å². The van der Waals surface area contributed by atoms with E-state index in [1.54, 1.807) is 12.1 Å². The first-order chi connectivity index (χ1) is 50.0. The van der Waals surface area contributed by atoms with Gasteiger partial charge in [-0.25, -0.2) is 0 Å². The van der Waals surface area contributed by atoms with Crippen molar-refractivity contribution in [3.63, 3.8) is 0 Å². The number of hydrogen-bond donors (Lipinski definition) is 0. The van der Waals surface area contributed by atoms with E-state index in [1.807, 2.05) is 12.1 Å². The lowest BCUT2D eigenvalue weighted by atomic mass is 9.99. The predicted molar refractivity (Wildman–Crippen MR) is 479 cm³/mol. The molecule has 106 heavy (non-hydrogen) atoms. The van der Waals surface area contributed by atoms with Crippen LogP contribution in [-0.2, 0) is 0 Å². The Hall–Kier alpha value is -7.98. The highest BCUT2D eigenvalue weighted by Crippen LogP contribution is 2.43. The Morgan fingerprint density at radius 3 is 0.670 bits per heavy atom. The SMILES string of the molecule is C.C#Cc1ccc(C#C)nn1.CCC/C(C#Cc1ccc(C#C[Si](C(C)C)(C(C)C)C(C)C)cc1)=C(\C#Cc1ccc(C#C/C(CCC)=C(/C#Cc2ccc(C#C[Si](C(C)C)(C(C)C)C(C)C)cc2)CCC)nn1)CCC.CCC/C(I)=C(\C#Cc1ccc(C#C[Si](C(C)C)(C(C)C)C(C)C)cc1)CCC. The Morgan fingerprint density at radius 2 is 0.472 bits per heavy atom. The number of halogens is 1. The second-order valence-electron chi connectivity index (χ2n) is 30.1. The fourth-order valence-electron chi connectivity index (χ4n) is 14.5. The van der Waals surface area contributed by atoms with Gasteiger partial charge in [0.15, 0.2) is 0 Å². The molecule has 558 valence electrons. The third-order valence-corrected chi connectivity index (χ3v) is 40.0. The van der Waals surface area contributed by atoms with Crippen LogP contribution in [0.5, 0.6) is 0 Å². The van der Waals surface area contributed by atoms with Gasteiger partial charge in [-0.3, -0.25) is 0 Å². The number of benzene rings is 3. The van der Waals surface area contributed by atoms with Crippen LogP contribution < -0.4 is 0 Å². The quantitative estimate of drug-likeness (QED) is 0.0417. The molecule has 0 aliphatic heterocycles. The minimum Gasteiger partial charge on any atom is -0.141 e. The molecule has 2 heterocycles. The molecule has 5 aromatic rings. The molecule has 0 spiro atoms. The van der Waals surface area contributed by atoms with Crippen LogP contribution in [0, 0.1) is 118 Å². The number of rotatable bonds is 21. The number of nitrogens with zero attached hydrogens (tertiary/aromatic N) is 4. The maximum atomic E-state index is 5.04. The van der Waals surface area contributed by atoms with Gasteiger partial charge in [-0.15, -0.1) is 49.9 Å². The van der Waals surface area contributed by atoms with E-state index in [9.17, 15) is 0 Å². The van der Waals surface area contributed by atoms with Gasteiger partial charge in [0.1, 0.15) is 47.0 Å². The minimum absolute atomic E-state index is 0. The van der Waals surface area contributed by atoms with Gasteiger partial charge in [0.05, 0.1) is 0 Å². The zero-order chi connectivity index (χ0) is 78.3. The molecule has 0 saturated carbocycles. The van der Waals surface area contributed by atoms with Crippen LogP contribution in [0.3, 0.4) is 0 Å². The van der Waals surface area contributed by atoms with Gasteiger partial charge in [0.2, 0.25) is 0 Å². The van der Waals surface area contributed by atoms with Crippen molar-refractivity contribution in [3.05, 3.63) is 185 Å². The molecule has 0 saturated heterocycles. The van der Waals surface area contributed by atoms with Gasteiger partial charge in [-0.2, -0.15) is 0 Å². The lowest BCUT2D eigenvalue weighted by Gasteiger charge is -2.38. The van der Waals surface area contributed by atoms with Crippen LogP contribution in [0.2, 0.25) is 49.9 Å². The van der Waals surface area contributed by atoms with Gasteiger partial charge in [-0.05, 0) is 232 Å². The molecule has 0 N–H and O–H groups in total. The summed E-state index contributed by atoms with van der Waals surface area (Å²) in [6.07, 6.45) is 22.0. The van der Waals surface area contributed by atoms with Crippen molar-refractivity contribution < 1.29 is 0 Å². The third kappa shape index (κ3) is 29.0. The molecule has 0 aliphatic carbocycles. The lowest BCUT2D eigenvalue weighted by Crippen LogP contribution is -2.43. The standard InChI is InChI=1S/C62H80N2Si2.C27H39ISi.C8H4N2.CH4/c1-17-21-57(35-33-53-25-29-55(30-26-53)43-45-65(47(5)6,48(7)8)49(9)10)59(23-19-3)37-39-61-41-42-62(64-63-61)40-38-60(24-20-4)58(22-18-2)36-34-54-27-31-56(32-28-54)44-46-66(50(11)12,51(13)14)52(15)16;1-9-11-26(27(28)12-10-2)18-17-24-13-15-25(16-14-24)19-20-29(21(3)4,22(5)6)23(7)8;1-3-7-5-6-8(4-2)10-9-7;/h25-32,41-42,47-52H,17-24H2,1-16H3;13-16,21-23H,9-12H2,1-8H3;1-2,5-6H;1H4/b59-57+,60-58+;27-26+;;.